The van der Waals surface area contributed by atoms with Crippen LogP contribution in [0.3, 0.4) is 0 Å². The largest absolute Gasteiger partial charge is 0.489 e. The summed E-state index contributed by atoms with van der Waals surface area (Å²) in [6, 6.07) is 12.3. The predicted octanol–water partition coefficient (Wildman–Crippen LogP) is 3.58. The number of nitrogen functional groups attached to an aromatic ring is 1. The summed E-state index contributed by atoms with van der Waals surface area (Å²) >= 11 is 0. The fraction of sp³-hybridized carbons (Fsp3) is 0.353. The zero-order valence-electron chi connectivity index (χ0n) is 12.4. The fourth-order valence-corrected chi connectivity index (χ4v) is 2.12. The van der Waals surface area contributed by atoms with E-state index >= 15 is 0 Å². The van der Waals surface area contributed by atoms with Gasteiger partial charge in [0.05, 0.1) is 6.61 Å². The van der Waals surface area contributed by atoms with E-state index < -0.39 is 0 Å². The van der Waals surface area contributed by atoms with E-state index in [1.807, 2.05) is 24.3 Å². The van der Waals surface area contributed by atoms with Crippen LogP contribution in [0.2, 0.25) is 0 Å². The third-order valence-corrected chi connectivity index (χ3v) is 3.22. The maximum Gasteiger partial charge on any atom is 0.166 e. The van der Waals surface area contributed by atoms with E-state index in [4.69, 9.17) is 10.5 Å². The predicted molar refractivity (Wildman–Crippen MR) is 83.0 cm³/mol. The molecule has 0 saturated heterocycles. The van der Waals surface area contributed by atoms with Gasteiger partial charge >= 0.3 is 0 Å². The maximum atomic E-state index is 5.96. The van der Waals surface area contributed by atoms with Crippen LogP contribution in [0, 0.1) is 0 Å². The summed E-state index contributed by atoms with van der Waals surface area (Å²) in [6.07, 6.45) is 2.60. The number of aromatic nitrogens is 1. The van der Waals surface area contributed by atoms with E-state index in [2.05, 4.69) is 37.9 Å². The molecule has 3 nitrogen and oxygen atoms in total. The Kier molecular flexibility index (Phi) is 4.28. The Morgan fingerprint density at radius 2 is 1.80 bits per heavy atom. The SMILES string of the molecule is CC(C)(C)c1ccnc(N)c1OCCc1ccccc1. The minimum absolute atomic E-state index is 0.0147. The average molecular weight is 270 g/mol. The molecule has 3 heteroatoms. The summed E-state index contributed by atoms with van der Waals surface area (Å²) in [5.41, 5.74) is 8.30. The van der Waals surface area contributed by atoms with E-state index in [-0.39, 0.29) is 5.41 Å². The molecule has 106 valence electrons. The molecule has 2 aromatic rings. The highest BCUT2D eigenvalue weighted by molar-refractivity contribution is 5.53. The van der Waals surface area contributed by atoms with Crippen molar-refractivity contribution in [3.63, 3.8) is 0 Å². The highest BCUT2D eigenvalue weighted by Gasteiger charge is 2.21. The van der Waals surface area contributed by atoms with Crippen molar-refractivity contribution < 1.29 is 4.74 Å². The first-order valence-corrected chi connectivity index (χ1v) is 6.90. The van der Waals surface area contributed by atoms with Gasteiger partial charge in [-0.05, 0) is 17.0 Å². The number of rotatable bonds is 4. The van der Waals surface area contributed by atoms with Gasteiger partial charge in [0.2, 0.25) is 0 Å². The second-order valence-corrected chi connectivity index (χ2v) is 5.91. The summed E-state index contributed by atoms with van der Waals surface area (Å²) in [7, 11) is 0. The maximum absolute atomic E-state index is 5.96. The molecule has 2 rings (SSSR count). The molecule has 0 amide bonds. The Morgan fingerprint density at radius 3 is 2.45 bits per heavy atom. The summed E-state index contributed by atoms with van der Waals surface area (Å²) in [5.74, 6) is 1.18. The van der Waals surface area contributed by atoms with Crippen molar-refractivity contribution in [3.8, 4) is 5.75 Å². The van der Waals surface area contributed by atoms with Crippen LogP contribution in [0.25, 0.3) is 0 Å². The van der Waals surface area contributed by atoms with Crippen molar-refractivity contribution in [1.82, 2.24) is 4.98 Å². The molecule has 1 aromatic carbocycles. The minimum atomic E-state index is -0.0147. The van der Waals surface area contributed by atoms with Crippen molar-refractivity contribution in [2.24, 2.45) is 0 Å². The summed E-state index contributed by atoms with van der Waals surface area (Å²) in [5, 5.41) is 0. The average Bonchev–Trinajstić information content (AvgIpc) is 2.40. The highest BCUT2D eigenvalue weighted by atomic mass is 16.5. The lowest BCUT2D eigenvalue weighted by atomic mass is 9.87. The molecule has 1 aromatic heterocycles. The molecule has 0 aliphatic rings. The van der Waals surface area contributed by atoms with Gasteiger partial charge in [-0.25, -0.2) is 4.98 Å². The number of nitrogens with two attached hydrogens (primary N) is 1. The number of ether oxygens (including phenoxy) is 1. The number of anilines is 1. The number of pyridine rings is 1. The Labute approximate surface area is 120 Å². The lowest BCUT2D eigenvalue weighted by molar-refractivity contribution is 0.313. The summed E-state index contributed by atoms with van der Waals surface area (Å²) < 4.78 is 5.91. The van der Waals surface area contributed by atoms with Crippen molar-refractivity contribution in [2.75, 3.05) is 12.3 Å². The zero-order chi connectivity index (χ0) is 14.6. The summed E-state index contributed by atoms with van der Waals surface area (Å²) in [4.78, 5) is 4.13. The van der Waals surface area contributed by atoms with Gasteiger partial charge in [-0.2, -0.15) is 0 Å². The monoisotopic (exact) mass is 270 g/mol. The van der Waals surface area contributed by atoms with Gasteiger partial charge in [-0.3, -0.25) is 0 Å². The molecule has 0 atom stereocenters. The first kappa shape index (κ1) is 14.4. The first-order chi connectivity index (χ1) is 9.48. The number of nitrogens with zero attached hydrogens (tertiary/aromatic N) is 1. The molecule has 0 spiro atoms. The molecular weight excluding hydrogens is 248 g/mol. The van der Waals surface area contributed by atoms with E-state index in [1.54, 1.807) is 6.20 Å². The Balaban J connectivity index is 2.10. The van der Waals surface area contributed by atoms with E-state index in [1.165, 1.54) is 5.56 Å². The van der Waals surface area contributed by atoms with Crippen LogP contribution in [0.1, 0.15) is 31.9 Å². The minimum Gasteiger partial charge on any atom is -0.489 e. The topological polar surface area (TPSA) is 48.1 Å². The first-order valence-electron chi connectivity index (χ1n) is 6.90. The second kappa shape index (κ2) is 5.95. The van der Waals surface area contributed by atoms with Crippen molar-refractivity contribution in [3.05, 3.63) is 53.7 Å². The smallest absolute Gasteiger partial charge is 0.166 e. The molecule has 0 radical (unpaired) electrons. The van der Waals surface area contributed by atoms with Gasteiger partial charge < -0.3 is 10.5 Å². The standard InChI is InChI=1S/C17H22N2O/c1-17(2,3)14-9-11-19-16(18)15(14)20-12-10-13-7-5-4-6-8-13/h4-9,11H,10,12H2,1-3H3,(H2,18,19). The third-order valence-electron chi connectivity index (χ3n) is 3.22. The molecule has 0 unspecified atom stereocenters. The zero-order valence-corrected chi connectivity index (χ0v) is 12.4. The molecule has 20 heavy (non-hydrogen) atoms. The Morgan fingerprint density at radius 1 is 1.10 bits per heavy atom. The lowest BCUT2D eigenvalue weighted by Gasteiger charge is -2.23. The van der Waals surface area contributed by atoms with Crippen LogP contribution < -0.4 is 10.5 Å². The van der Waals surface area contributed by atoms with Gasteiger partial charge in [0.1, 0.15) is 0 Å². The quantitative estimate of drug-likeness (QED) is 0.923. The van der Waals surface area contributed by atoms with Gasteiger partial charge in [-0.15, -0.1) is 0 Å². The van der Waals surface area contributed by atoms with Crippen LogP contribution in [-0.2, 0) is 11.8 Å². The lowest BCUT2D eigenvalue weighted by Crippen LogP contribution is -2.16. The Hall–Kier alpha value is -2.03. The van der Waals surface area contributed by atoms with Gasteiger partial charge in [-0.1, -0.05) is 51.1 Å². The normalized spacial score (nSPS) is 11.3. The van der Waals surface area contributed by atoms with Gasteiger partial charge in [0.15, 0.2) is 11.6 Å². The van der Waals surface area contributed by atoms with Crippen LogP contribution in [0.5, 0.6) is 5.75 Å². The Bertz CT molecular complexity index is 559. The molecule has 2 N–H and O–H groups in total. The number of hydrogen-bond acceptors (Lipinski definition) is 3. The molecule has 0 fully saturated rings. The van der Waals surface area contributed by atoms with Crippen LogP contribution >= 0.6 is 0 Å². The molecule has 0 saturated carbocycles. The molecule has 1 heterocycles. The van der Waals surface area contributed by atoms with Crippen molar-refractivity contribution in [1.29, 1.82) is 0 Å². The van der Waals surface area contributed by atoms with E-state index in [0.29, 0.717) is 12.4 Å². The van der Waals surface area contributed by atoms with Crippen LogP contribution in [-0.4, -0.2) is 11.6 Å². The summed E-state index contributed by atoms with van der Waals surface area (Å²) in [6.45, 7) is 7.03. The molecule has 0 aliphatic heterocycles. The second-order valence-electron chi connectivity index (χ2n) is 5.91. The number of benzene rings is 1. The third kappa shape index (κ3) is 3.50. The van der Waals surface area contributed by atoms with Gasteiger partial charge in [0, 0.05) is 18.2 Å². The van der Waals surface area contributed by atoms with Crippen LogP contribution in [0.15, 0.2) is 42.6 Å². The van der Waals surface area contributed by atoms with Crippen molar-refractivity contribution in [2.45, 2.75) is 32.6 Å². The highest BCUT2D eigenvalue weighted by Crippen LogP contribution is 2.34. The van der Waals surface area contributed by atoms with E-state index in [9.17, 15) is 0 Å². The molecule has 0 aliphatic carbocycles. The van der Waals surface area contributed by atoms with Gasteiger partial charge in [0.25, 0.3) is 0 Å². The fourth-order valence-electron chi connectivity index (χ4n) is 2.12. The van der Waals surface area contributed by atoms with E-state index in [0.717, 1.165) is 17.7 Å². The van der Waals surface area contributed by atoms with Crippen molar-refractivity contribution >= 4 is 5.82 Å². The number of hydrogen-bond donors (Lipinski definition) is 1. The molecule has 0 bridgehead atoms. The molecular formula is C17H22N2O. The van der Waals surface area contributed by atoms with Crippen LogP contribution in [0.4, 0.5) is 5.82 Å².